The molecule has 0 saturated heterocycles. The van der Waals surface area contributed by atoms with Crippen molar-refractivity contribution < 1.29 is 14.6 Å². The van der Waals surface area contributed by atoms with Crippen LogP contribution in [0.25, 0.3) is 10.6 Å². The first kappa shape index (κ1) is 14.7. The second kappa shape index (κ2) is 5.73. The first-order chi connectivity index (χ1) is 9.45. The van der Waals surface area contributed by atoms with Crippen LogP contribution < -0.4 is 0 Å². The van der Waals surface area contributed by atoms with Gasteiger partial charge in [-0.1, -0.05) is 24.3 Å². The number of carboxylic acids is 1. The predicted octanol–water partition coefficient (Wildman–Crippen LogP) is 3.32. The first-order valence-electron chi connectivity index (χ1n) is 6.23. The molecule has 0 amide bonds. The molecule has 106 valence electrons. The Labute approximate surface area is 122 Å². The van der Waals surface area contributed by atoms with E-state index in [1.165, 1.54) is 11.3 Å². The van der Waals surface area contributed by atoms with Gasteiger partial charge in [-0.15, -0.1) is 11.3 Å². The van der Waals surface area contributed by atoms with E-state index in [1.54, 1.807) is 21.0 Å². The van der Waals surface area contributed by atoms with Gasteiger partial charge in [-0.2, -0.15) is 0 Å². The van der Waals surface area contributed by atoms with Crippen molar-refractivity contribution in [3.05, 3.63) is 40.9 Å². The van der Waals surface area contributed by atoms with Crippen molar-refractivity contribution in [1.29, 1.82) is 0 Å². The van der Waals surface area contributed by atoms with E-state index >= 15 is 0 Å². The molecule has 0 saturated carbocycles. The smallest absolute Gasteiger partial charge is 0.315 e. The second-order valence-corrected chi connectivity index (χ2v) is 5.96. The Bertz CT molecular complexity index is 602. The van der Waals surface area contributed by atoms with Gasteiger partial charge in [0.25, 0.3) is 0 Å². The van der Waals surface area contributed by atoms with Gasteiger partial charge in [0.15, 0.2) is 0 Å². The fourth-order valence-corrected chi connectivity index (χ4v) is 2.71. The van der Waals surface area contributed by atoms with Crippen LogP contribution in [0.3, 0.4) is 0 Å². The molecule has 2 aromatic rings. The molecule has 1 N–H and O–H groups in total. The summed E-state index contributed by atoms with van der Waals surface area (Å²) >= 11 is 1.46. The van der Waals surface area contributed by atoms with Crippen LogP contribution in [0.4, 0.5) is 0 Å². The van der Waals surface area contributed by atoms with Crippen LogP contribution in [0.1, 0.15) is 25.1 Å². The van der Waals surface area contributed by atoms with Crippen LogP contribution in [-0.2, 0) is 21.6 Å². The maximum absolute atomic E-state index is 11.2. The topological polar surface area (TPSA) is 59.4 Å². The number of carboxylic acid groups (broad SMARTS) is 1. The number of nitrogens with zero attached hydrogens (tertiary/aromatic N) is 1. The Morgan fingerprint density at radius 3 is 2.55 bits per heavy atom. The van der Waals surface area contributed by atoms with Gasteiger partial charge in [-0.25, -0.2) is 4.98 Å². The maximum Gasteiger partial charge on any atom is 0.315 e. The number of carbonyl (C=O) groups is 1. The molecule has 20 heavy (non-hydrogen) atoms. The van der Waals surface area contributed by atoms with Crippen molar-refractivity contribution in [3.63, 3.8) is 0 Å². The first-order valence-corrected chi connectivity index (χ1v) is 7.10. The minimum absolute atomic E-state index is 0.579. The molecule has 2 rings (SSSR count). The summed E-state index contributed by atoms with van der Waals surface area (Å²) in [5.41, 5.74) is 1.71. The minimum Gasteiger partial charge on any atom is -0.481 e. The molecule has 0 aliphatic carbocycles. The van der Waals surface area contributed by atoms with Crippen LogP contribution >= 0.6 is 11.3 Å². The van der Waals surface area contributed by atoms with E-state index in [0.717, 1.165) is 16.1 Å². The molecule has 0 bridgehead atoms. The summed E-state index contributed by atoms with van der Waals surface area (Å²) in [7, 11) is 1.66. The number of ether oxygens (including phenoxy) is 1. The molecule has 0 fully saturated rings. The van der Waals surface area contributed by atoms with Gasteiger partial charge in [0.1, 0.15) is 10.4 Å². The van der Waals surface area contributed by atoms with Gasteiger partial charge < -0.3 is 9.84 Å². The van der Waals surface area contributed by atoms with Crippen LogP contribution in [0.2, 0.25) is 0 Å². The normalized spacial score (nSPS) is 11.6. The second-order valence-electron chi connectivity index (χ2n) is 5.10. The summed E-state index contributed by atoms with van der Waals surface area (Å²) in [4.78, 5) is 15.7. The van der Waals surface area contributed by atoms with Crippen molar-refractivity contribution in [2.75, 3.05) is 7.11 Å². The zero-order valence-corrected chi connectivity index (χ0v) is 12.5. The average Bonchev–Trinajstić information content (AvgIpc) is 2.90. The lowest BCUT2D eigenvalue weighted by Gasteiger charge is -2.15. The fourth-order valence-electron chi connectivity index (χ4n) is 1.71. The van der Waals surface area contributed by atoms with E-state index in [4.69, 9.17) is 4.74 Å². The molecule has 0 radical (unpaired) electrons. The summed E-state index contributed by atoms with van der Waals surface area (Å²) in [6.07, 6.45) is 0. The van der Waals surface area contributed by atoms with Gasteiger partial charge in [0, 0.05) is 18.1 Å². The summed E-state index contributed by atoms with van der Waals surface area (Å²) in [5.74, 6) is -0.871. The SMILES string of the molecule is COCc1ccc(-c2nc(C(C)(C)C(=O)O)cs2)cc1. The number of aliphatic carboxylic acids is 1. The fraction of sp³-hybridized carbons (Fsp3) is 0.333. The van der Waals surface area contributed by atoms with Gasteiger partial charge >= 0.3 is 5.97 Å². The Morgan fingerprint density at radius 2 is 2.00 bits per heavy atom. The van der Waals surface area contributed by atoms with Gasteiger partial charge in [-0.05, 0) is 19.4 Å². The Balaban J connectivity index is 2.26. The highest BCUT2D eigenvalue weighted by molar-refractivity contribution is 7.13. The van der Waals surface area contributed by atoms with E-state index in [9.17, 15) is 9.90 Å². The van der Waals surface area contributed by atoms with Crippen LogP contribution in [0.15, 0.2) is 29.6 Å². The largest absolute Gasteiger partial charge is 0.481 e. The third kappa shape index (κ3) is 2.89. The van der Waals surface area contributed by atoms with Crippen molar-refractivity contribution in [2.45, 2.75) is 25.9 Å². The highest BCUT2D eigenvalue weighted by atomic mass is 32.1. The predicted molar refractivity (Wildman–Crippen MR) is 78.9 cm³/mol. The number of benzene rings is 1. The average molecular weight is 291 g/mol. The lowest BCUT2D eigenvalue weighted by atomic mass is 9.90. The zero-order chi connectivity index (χ0) is 14.8. The van der Waals surface area contributed by atoms with Gasteiger partial charge in [0.05, 0.1) is 12.3 Å². The number of hydrogen-bond acceptors (Lipinski definition) is 4. The summed E-state index contributed by atoms with van der Waals surface area (Å²) in [6.45, 7) is 3.90. The lowest BCUT2D eigenvalue weighted by molar-refractivity contribution is -0.142. The molecule has 0 spiro atoms. The molecule has 0 aliphatic heterocycles. The quantitative estimate of drug-likeness (QED) is 0.918. The standard InChI is InChI=1S/C15H17NO3S/c1-15(2,14(17)18)12-9-20-13(16-12)11-6-4-10(5-7-11)8-19-3/h4-7,9H,8H2,1-3H3,(H,17,18). The van der Waals surface area contributed by atoms with Crippen molar-refractivity contribution in [3.8, 4) is 10.6 Å². The monoisotopic (exact) mass is 291 g/mol. The van der Waals surface area contributed by atoms with Crippen molar-refractivity contribution in [1.82, 2.24) is 4.98 Å². The molecule has 1 heterocycles. The van der Waals surface area contributed by atoms with E-state index < -0.39 is 11.4 Å². The Kier molecular flexibility index (Phi) is 4.20. The molecule has 1 aromatic carbocycles. The summed E-state index contributed by atoms with van der Waals surface area (Å²) in [6, 6.07) is 7.93. The summed E-state index contributed by atoms with van der Waals surface area (Å²) < 4.78 is 5.07. The maximum atomic E-state index is 11.2. The van der Waals surface area contributed by atoms with Crippen molar-refractivity contribution in [2.24, 2.45) is 0 Å². The molecule has 0 aliphatic rings. The molecule has 5 heteroatoms. The highest BCUT2D eigenvalue weighted by Crippen LogP contribution is 2.30. The molecule has 0 unspecified atom stereocenters. The number of methoxy groups -OCH3 is 1. The van der Waals surface area contributed by atoms with Crippen LogP contribution in [0, 0.1) is 0 Å². The lowest BCUT2D eigenvalue weighted by Crippen LogP contribution is -2.28. The minimum atomic E-state index is -0.968. The van der Waals surface area contributed by atoms with E-state index in [1.807, 2.05) is 29.6 Å². The van der Waals surface area contributed by atoms with E-state index in [2.05, 4.69) is 4.98 Å². The molecule has 1 aromatic heterocycles. The van der Waals surface area contributed by atoms with Gasteiger partial charge in [0.2, 0.25) is 0 Å². The third-order valence-corrected chi connectivity index (χ3v) is 4.08. The van der Waals surface area contributed by atoms with E-state index in [0.29, 0.717) is 12.3 Å². The molecular formula is C15H17NO3S. The molecule has 4 nitrogen and oxygen atoms in total. The van der Waals surface area contributed by atoms with Crippen molar-refractivity contribution >= 4 is 17.3 Å². The third-order valence-electron chi connectivity index (χ3n) is 3.19. The highest BCUT2D eigenvalue weighted by Gasteiger charge is 2.32. The number of rotatable bonds is 5. The van der Waals surface area contributed by atoms with Gasteiger partial charge in [-0.3, -0.25) is 4.79 Å². The number of hydrogen-bond donors (Lipinski definition) is 1. The Morgan fingerprint density at radius 1 is 1.35 bits per heavy atom. The van der Waals surface area contributed by atoms with Crippen LogP contribution in [-0.4, -0.2) is 23.2 Å². The Hall–Kier alpha value is -1.72. The summed E-state index contributed by atoms with van der Waals surface area (Å²) in [5, 5.41) is 11.9. The number of thiazole rings is 1. The molecule has 0 atom stereocenters. The molecular weight excluding hydrogens is 274 g/mol. The zero-order valence-electron chi connectivity index (χ0n) is 11.7. The number of aromatic nitrogens is 1. The van der Waals surface area contributed by atoms with Crippen LogP contribution in [0.5, 0.6) is 0 Å². The van der Waals surface area contributed by atoms with E-state index in [-0.39, 0.29) is 0 Å².